The van der Waals surface area contributed by atoms with Gasteiger partial charge in [0.1, 0.15) is 11.6 Å². The highest BCUT2D eigenvalue weighted by Gasteiger charge is 2.31. The number of hydrogen-bond donors (Lipinski definition) is 0. The Kier molecular flexibility index (Phi) is 7.88. The molecule has 37 heavy (non-hydrogen) atoms. The van der Waals surface area contributed by atoms with Crippen LogP contribution in [0.15, 0.2) is 43.0 Å². The lowest BCUT2D eigenvalue weighted by atomic mass is 9.70. The van der Waals surface area contributed by atoms with Crippen molar-refractivity contribution >= 4 is 5.57 Å². The molecule has 3 aliphatic rings. The highest BCUT2D eigenvalue weighted by atomic mass is 19.2. The maximum absolute atomic E-state index is 15.2. The highest BCUT2D eigenvalue weighted by molar-refractivity contribution is 5.67. The number of benzene rings is 2. The number of rotatable bonds is 5. The Morgan fingerprint density at radius 3 is 1.62 bits per heavy atom. The summed E-state index contributed by atoms with van der Waals surface area (Å²) in [6.45, 7) is 3.87. The Morgan fingerprint density at radius 1 is 0.622 bits per heavy atom. The van der Waals surface area contributed by atoms with Crippen molar-refractivity contribution in [1.29, 1.82) is 0 Å². The molecule has 0 amide bonds. The standard InChI is InChI=1S/C32H35F5/c1-2-19-3-5-22(6-4-19)25-15-27(33)31(28(34)16-25)24-13-11-21(12-14-24)20-7-9-23(10-8-20)26-17-29(35)32(37)30(36)18-26/h2,13,15-23H,1,3-12,14H2. The van der Waals surface area contributed by atoms with E-state index in [1.165, 1.54) is 0 Å². The van der Waals surface area contributed by atoms with Crippen molar-refractivity contribution in [3.8, 4) is 0 Å². The van der Waals surface area contributed by atoms with Gasteiger partial charge in [-0.15, -0.1) is 6.58 Å². The minimum absolute atomic E-state index is 0.0315. The summed E-state index contributed by atoms with van der Waals surface area (Å²) in [5, 5.41) is 0. The van der Waals surface area contributed by atoms with Crippen LogP contribution < -0.4 is 0 Å². The van der Waals surface area contributed by atoms with Crippen LogP contribution in [0.25, 0.3) is 5.57 Å². The summed E-state index contributed by atoms with van der Waals surface area (Å²) < 4.78 is 71.0. The molecule has 0 spiro atoms. The van der Waals surface area contributed by atoms with Crippen LogP contribution in [0.5, 0.6) is 0 Å². The summed E-state index contributed by atoms with van der Waals surface area (Å²) in [6.07, 6.45) is 13.7. The molecule has 0 nitrogen and oxygen atoms in total. The van der Waals surface area contributed by atoms with E-state index in [1.54, 1.807) is 12.1 Å². The summed E-state index contributed by atoms with van der Waals surface area (Å²) in [7, 11) is 0. The number of halogens is 5. The van der Waals surface area contributed by atoms with E-state index >= 15 is 8.78 Å². The van der Waals surface area contributed by atoms with Gasteiger partial charge in [-0.25, -0.2) is 22.0 Å². The minimum Gasteiger partial charge on any atom is -0.206 e. The van der Waals surface area contributed by atoms with Crippen LogP contribution in [0, 0.1) is 46.8 Å². The van der Waals surface area contributed by atoms with E-state index in [4.69, 9.17) is 0 Å². The fourth-order valence-corrected chi connectivity index (χ4v) is 7.07. The Morgan fingerprint density at radius 2 is 1.14 bits per heavy atom. The van der Waals surface area contributed by atoms with E-state index in [-0.39, 0.29) is 17.4 Å². The third kappa shape index (κ3) is 5.56. The van der Waals surface area contributed by atoms with E-state index in [1.807, 2.05) is 12.2 Å². The first-order chi connectivity index (χ1) is 17.8. The van der Waals surface area contributed by atoms with Gasteiger partial charge in [0.25, 0.3) is 0 Å². The Bertz CT molecular complexity index is 1120. The zero-order valence-corrected chi connectivity index (χ0v) is 21.2. The van der Waals surface area contributed by atoms with Gasteiger partial charge in [-0.2, -0.15) is 0 Å². The molecule has 0 N–H and O–H groups in total. The molecule has 0 heterocycles. The normalized spacial score (nSPS) is 28.6. The number of hydrogen-bond acceptors (Lipinski definition) is 0. The molecule has 2 aromatic carbocycles. The van der Waals surface area contributed by atoms with Crippen LogP contribution >= 0.6 is 0 Å². The van der Waals surface area contributed by atoms with Gasteiger partial charge < -0.3 is 0 Å². The quantitative estimate of drug-likeness (QED) is 0.212. The average Bonchev–Trinajstić information content (AvgIpc) is 2.91. The fourth-order valence-electron chi connectivity index (χ4n) is 7.07. The summed E-state index contributed by atoms with van der Waals surface area (Å²) >= 11 is 0. The first kappa shape index (κ1) is 26.2. The molecule has 1 atom stereocenters. The molecule has 0 aliphatic heterocycles. The largest absolute Gasteiger partial charge is 0.206 e. The number of allylic oxidation sites excluding steroid dienone is 3. The first-order valence-corrected chi connectivity index (χ1v) is 13.8. The summed E-state index contributed by atoms with van der Waals surface area (Å²) in [5.74, 6) is -2.92. The third-order valence-electron chi connectivity index (χ3n) is 9.33. The second-order valence-corrected chi connectivity index (χ2v) is 11.4. The maximum atomic E-state index is 15.2. The molecule has 2 aromatic rings. The van der Waals surface area contributed by atoms with Crippen molar-refractivity contribution in [2.75, 3.05) is 0 Å². The monoisotopic (exact) mass is 514 g/mol. The average molecular weight is 515 g/mol. The molecule has 2 saturated carbocycles. The zero-order chi connectivity index (χ0) is 26.1. The van der Waals surface area contributed by atoms with E-state index in [0.29, 0.717) is 29.7 Å². The lowest BCUT2D eigenvalue weighted by molar-refractivity contribution is 0.220. The van der Waals surface area contributed by atoms with Gasteiger partial charge in [-0.3, -0.25) is 0 Å². The van der Waals surface area contributed by atoms with E-state index < -0.39 is 29.1 Å². The van der Waals surface area contributed by atoms with Crippen LogP contribution in [0.4, 0.5) is 22.0 Å². The Hall–Kier alpha value is -2.43. The van der Waals surface area contributed by atoms with Crippen LogP contribution in [-0.2, 0) is 0 Å². The van der Waals surface area contributed by atoms with Crippen molar-refractivity contribution in [3.05, 3.63) is 88.8 Å². The van der Waals surface area contributed by atoms with Gasteiger partial charge in [-0.05, 0) is 141 Å². The molecule has 5 rings (SSSR count). The van der Waals surface area contributed by atoms with Crippen LogP contribution in [-0.4, -0.2) is 0 Å². The predicted octanol–water partition coefficient (Wildman–Crippen LogP) is 10.00. The van der Waals surface area contributed by atoms with Gasteiger partial charge in [-0.1, -0.05) is 12.2 Å². The first-order valence-electron chi connectivity index (χ1n) is 13.8. The van der Waals surface area contributed by atoms with E-state index in [2.05, 4.69) is 6.58 Å². The molecule has 3 aliphatic carbocycles. The molecule has 0 saturated heterocycles. The summed E-state index contributed by atoms with van der Waals surface area (Å²) in [5.41, 5.74) is 2.20. The third-order valence-corrected chi connectivity index (χ3v) is 9.33. The van der Waals surface area contributed by atoms with Crippen molar-refractivity contribution in [2.45, 2.75) is 82.5 Å². The van der Waals surface area contributed by atoms with Crippen molar-refractivity contribution in [2.24, 2.45) is 17.8 Å². The van der Waals surface area contributed by atoms with Gasteiger partial charge in [0.05, 0.1) is 0 Å². The van der Waals surface area contributed by atoms with Crippen molar-refractivity contribution in [3.63, 3.8) is 0 Å². The van der Waals surface area contributed by atoms with Crippen LogP contribution in [0.3, 0.4) is 0 Å². The predicted molar refractivity (Wildman–Crippen MR) is 138 cm³/mol. The maximum Gasteiger partial charge on any atom is 0.194 e. The van der Waals surface area contributed by atoms with Crippen LogP contribution in [0.2, 0.25) is 0 Å². The molecular formula is C32H35F5. The topological polar surface area (TPSA) is 0 Å². The second-order valence-electron chi connectivity index (χ2n) is 11.4. The zero-order valence-electron chi connectivity index (χ0n) is 21.2. The second kappa shape index (κ2) is 11.1. The Labute approximate surface area is 216 Å². The molecule has 5 heteroatoms. The molecular weight excluding hydrogens is 479 g/mol. The molecule has 0 radical (unpaired) electrons. The molecule has 198 valence electrons. The van der Waals surface area contributed by atoms with Gasteiger partial charge in [0.15, 0.2) is 17.5 Å². The van der Waals surface area contributed by atoms with Gasteiger partial charge in [0.2, 0.25) is 0 Å². The lowest BCUT2D eigenvalue weighted by Gasteiger charge is -2.36. The van der Waals surface area contributed by atoms with E-state index in [9.17, 15) is 13.2 Å². The lowest BCUT2D eigenvalue weighted by Crippen LogP contribution is -2.23. The molecule has 2 fully saturated rings. The summed E-state index contributed by atoms with van der Waals surface area (Å²) in [6, 6.07) is 5.35. The molecule has 0 bridgehead atoms. The summed E-state index contributed by atoms with van der Waals surface area (Å²) in [4.78, 5) is 0. The molecule has 0 aromatic heterocycles. The minimum atomic E-state index is -1.42. The van der Waals surface area contributed by atoms with Gasteiger partial charge in [0, 0.05) is 5.56 Å². The SMILES string of the molecule is C=CC1CCC(c2cc(F)c(C3=CCC(C4CCC(c5cc(F)c(F)c(F)c5)CC4)CC3)c(F)c2)CC1. The Balaban J connectivity index is 1.20. The van der Waals surface area contributed by atoms with Gasteiger partial charge >= 0.3 is 0 Å². The van der Waals surface area contributed by atoms with Crippen molar-refractivity contribution in [1.82, 2.24) is 0 Å². The molecule has 1 unspecified atom stereocenters. The van der Waals surface area contributed by atoms with Crippen molar-refractivity contribution < 1.29 is 22.0 Å². The van der Waals surface area contributed by atoms with Crippen LogP contribution in [0.1, 0.15) is 99.2 Å². The smallest absolute Gasteiger partial charge is 0.194 e. The fraction of sp³-hybridized carbons (Fsp3) is 0.500. The highest BCUT2D eigenvalue weighted by Crippen LogP contribution is 2.45. The van der Waals surface area contributed by atoms with E-state index in [0.717, 1.165) is 87.5 Å².